The molecule has 4 aromatic carbocycles. The summed E-state index contributed by atoms with van der Waals surface area (Å²) < 4.78 is 19.0. The van der Waals surface area contributed by atoms with E-state index in [1.807, 2.05) is 42.5 Å². The van der Waals surface area contributed by atoms with Crippen molar-refractivity contribution in [2.75, 3.05) is 0 Å². The van der Waals surface area contributed by atoms with Crippen molar-refractivity contribution >= 4 is 5.69 Å². The van der Waals surface area contributed by atoms with Crippen molar-refractivity contribution in [2.24, 2.45) is 0 Å². The highest BCUT2D eigenvalue weighted by molar-refractivity contribution is 5.87. The summed E-state index contributed by atoms with van der Waals surface area (Å²) in [5, 5.41) is 0. The summed E-state index contributed by atoms with van der Waals surface area (Å²) in [7, 11) is 0. The van der Waals surface area contributed by atoms with Crippen LogP contribution < -0.4 is 0 Å². The molecule has 0 saturated carbocycles. The molecule has 0 N–H and O–H groups in total. The second kappa shape index (κ2) is 8.37. The summed E-state index contributed by atoms with van der Waals surface area (Å²) in [4.78, 5) is 8.01. The Kier molecular flexibility index (Phi) is 4.52. The lowest BCUT2D eigenvalue weighted by Gasteiger charge is -2.20. The molecule has 0 fully saturated rings. The average molecular weight is 414 g/mol. The Hall–Kier alpha value is -4.42. The van der Waals surface area contributed by atoms with Crippen LogP contribution in [0, 0.1) is 13.5 Å². The van der Waals surface area contributed by atoms with E-state index in [-0.39, 0.29) is 12.3 Å². The molecule has 0 bridgehead atoms. The predicted octanol–water partition coefficient (Wildman–Crippen LogP) is 7.73. The molecule has 0 amide bonds. The topological polar surface area (TPSA) is 22.2 Å². The van der Waals surface area contributed by atoms with Gasteiger partial charge in [0.2, 0.25) is 0 Å². The third-order valence-electron chi connectivity index (χ3n) is 5.42. The van der Waals surface area contributed by atoms with Gasteiger partial charge in [0, 0.05) is 29.0 Å². The first-order valence-corrected chi connectivity index (χ1v) is 10.4. The molecule has 0 aliphatic carbocycles. The van der Waals surface area contributed by atoms with Crippen LogP contribution in [0.25, 0.3) is 44.2 Å². The van der Waals surface area contributed by atoms with Gasteiger partial charge in [-0.15, -0.1) is 0 Å². The molecule has 5 aromatic rings. The van der Waals surface area contributed by atoms with Crippen LogP contribution in [-0.4, -0.2) is 9.55 Å². The van der Waals surface area contributed by atoms with Crippen LogP contribution >= 0.6 is 0 Å². The van der Waals surface area contributed by atoms with Crippen molar-refractivity contribution in [3.05, 3.63) is 126 Å². The Morgan fingerprint density at radius 2 is 1.38 bits per heavy atom. The molecule has 3 heteroatoms. The van der Waals surface area contributed by atoms with E-state index < -0.39 is 0 Å². The monoisotopic (exact) mass is 413 g/mol. The molecule has 0 aliphatic rings. The van der Waals surface area contributed by atoms with Gasteiger partial charge in [-0.05, 0) is 41.8 Å². The largest absolute Gasteiger partial charge is 0.299 e. The third kappa shape index (κ3) is 3.59. The van der Waals surface area contributed by atoms with E-state index >= 15 is 0 Å². The highest BCUT2D eigenvalue weighted by Crippen LogP contribution is 2.39. The molecule has 0 spiro atoms. The zero-order valence-corrected chi connectivity index (χ0v) is 17.6. The lowest BCUT2D eigenvalue weighted by atomic mass is 9.93. The molecule has 0 atom stereocenters. The van der Waals surface area contributed by atoms with Crippen molar-refractivity contribution in [1.29, 1.82) is 0 Å². The minimum absolute atomic E-state index is 0.00132. The lowest BCUT2D eigenvalue weighted by Crippen LogP contribution is -2.02. The first-order chi connectivity index (χ1) is 16.6. The van der Waals surface area contributed by atoms with Gasteiger partial charge in [-0.1, -0.05) is 78.9 Å². The number of imidazole rings is 1. The van der Waals surface area contributed by atoms with E-state index in [9.17, 15) is 0 Å². The zero-order valence-electron chi connectivity index (χ0n) is 19.6. The molecule has 152 valence electrons. The van der Waals surface area contributed by atoms with Gasteiger partial charge in [-0.25, -0.2) is 9.83 Å². The first-order valence-electron chi connectivity index (χ1n) is 11.4. The Labute approximate surface area is 190 Å². The van der Waals surface area contributed by atoms with Gasteiger partial charge in [0.1, 0.15) is 5.82 Å². The van der Waals surface area contributed by atoms with Crippen LogP contribution in [0.3, 0.4) is 0 Å². The molecule has 5 rings (SSSR count). The van der Waals surface area contributed by atoms with E-state index in [1.54, 1.807) is 22.8 Å². The molecule has 0 radical (unpaired) electrons. The van der Waals surface area contributed by atoms with Crippen LogP contribution in [0.15, 0.2) is 109 Å². The fraction of sp³-hybridized carbons (Fsp3) is 0.0345. The first kappa shape index (κ1) is 17.3. The molecule has 0 saturated heterocycles. The Morgan fingerprint density at radius 3 is 1.97 bits per heavy atom. The minimum atomic E-state index is -0.109. The van der Waals surface area contributed by atoms with Gasteiger partial charge in [-0.3, -0.25) is 4.57 Å². The van der Waals surface area contributed by atoms with Crippen molar-refractivity contribution in [1.82, 2.24) is 9.55 Å². The van der Waals surface area contributed by atoms with Crippen molar-refractivity contribution in [3.63, 3.8) is 0 Å². The summed E-state index contributed by atoms with van der Waals surface area (Å²) in [6.45, 7) is 9.47. The normalized spacial score (nSPS) is 11.5. The molecule has 1 heterocycles. The van der Waals surface area contributed by atoms with Crippen LogP contribution in [0.1, 0.15) is 8.30 Å². The Morgan fingerprint density at radius 1 is 0.781 bits per heavy atom. The molecule has 1 aromatic heterocycles. The van der Waals surface area contributed by atoms with Crippen molar-refractivity contribution in [3.8, 4) is 39.3 Å². The molecular weight excluding hydrogens is 390 g/mol. The average Bonchev–Trinajstić information content (AvgIpc) is 3.18. The van der Waals surface area contributed by atoms with Crippen molar-refractivity contribution < 1.29 is 2.74 Å². The van der Waals surface area contributed by atoms with Gasteiger partial charge >= 0.3 is 0 Å². The predicted molar refractivity (Wildman–Crippen MR) is 131 cm³/mol. The number of nitrogens with zero attached hydrogens (tertiary/aromatic N) is 3. The van der Waals surface area contributed by atoms with Gasteiger partial charge in [0.05, 0.1) is 15.0 Å². The minimum Gasteiger partial charge on any atom is -0.299 e. The summed E-state index contributed by atoms with van der Waals surface area (Å²) in [5.41, 5.74) is 7.00. The van der Waals surface area contributed by atoms with Crippen LogP contribution in [0.4, 0.5) is 5.69 Å². The summed E-state index contributed by atoms with van der Waals surface area (Å²) >= 11 is 0. The number of hydrogen-bond acceptors (Lipinski definition) is 1. The molecular formula is C29H21N3. The number of hydrogen-bond donors (Lipinski definition) is 0. The van der Waals surface area contributed by atoms with E-state index in [2.05, 4.69) is 53.2 Å². The van der Waals surface area contributed by atoms with Crippen LogP contribution in [-0.2, 0) is 0 Å². The van der Waals surface area contributed by atoms with E-state index in [0.717, 1.165) is 33.5 Å². The highest BCUT2D eigenvalue weighted by atomic mass is 15.1. The number of aromatic nitrogens is 2. The van der Waals surface area contributed by atoms with Crippen LogP contribution in [0.2, 0.25) is 0 Å². The van der Waals surface area contributed by atoms with Gasteiger partial charge in [-0.2, -0.15) is 0 Å². The summed E-state index contributed by atoms with van der Waals surface area (Å²) in [5.74, 6) is 0.471. The van der Waals surface area contributed by atoms with E-state index in [1.165, 1.54) is 0 Å². The van der Waals surface area contributed by atoms with Gasteiger partial charge < -0.3 is 0 Å². The lowest BCUT2D eigenvalue weighted by molar-refractivity contribution is 1.07. The molecule has 32 heavy (non-hydrogen) atoms. The maximum Gasteiger partial charge on any atom is 0.187 e. The summed E-state index contributed by atoms with van der Waals surface area (Å²) in [6, 6.07) is 31.5. The molecule has 3 nitrogen and oxygen atoms in total. The maximum atomic E-state index is 8.83. The maximum absolute atomic E-state index is 8.83. The van der Waals surface area contributed by atoms with E-state index in [0.29, 0.717) is 17.1 Å². The second-order valence-corrected chi connectivity index (χ2v) is 7.60. The van der Waals surface area contributed by atoms with Gasteiger partial charge in [0.15, 0.2) is 5.69 Å². The number of benzene rings is 4. The Balaban J connectivity index is 1.91. The second-order valence-electron chi connectivity index (χ2n) is 7.60. The number of rotatable bonds is 4. The summed E-state index contributed by atoms with van der Waals surface area (Å²) in [6.07, 6.45) is -0.108. The quantitative estimate of drug-likeness (QED) is 0.276. The smallest absolute Gasteiger partial charge is 0.187 e. The highest BCUT2D eigenvalue weighted by Gasteiger charge is 2.18. The molecule has 0 unspecified atom stereocenters. The van der Waals surface area contributed by atoms with E-state index in [4.69, 9.17) is 9.31 Å². The third-order valence-corrected chi connectivity index (χ3v) is 5.42. The SMILES string of the molecule is [2H]c1nc(-c2cccc([N+]#[C-])c2)n(-c2c(-c3ccccc3)cc(C)cc2-c2ccccc2)c1[2H]. The molecule has 0 aliphatic heterocycles. The zero-order chi connectivity index (χ0) is 23.7. The van der Waals surface area contributed by atoms with Crippen molar-refractivity contribution in [2.45, 2.75) is 6.92 Å². The standard InChI is InChI=1S/C29H21N3/c1-21-18-26(22-10-5-3-6-11-22)28(27(19-21)23-12-7-4-8-13-23)32-17-16-31-29(32)24-14-9-15-25(20-24)30-2/h3-20H,1H3/i16D,17D. The Bertz CT molecular complexity index is 1470. The van der Waals surface area contributed by atoms with Gasteiger partial charge in [0.25, 0.3) is 0 Å². The fourth-order valence-corrected chi connectivity index (χ4v) is 4.00. The number of aryl methyl sites for hydroxylation is 1. The fourth-order valence-electron chi connectivity index (χ4n) is 4.00. The van der Waals surface area contributed by atoms with Crippen LogP contribution in [0.5, 0.6) is 0 Å².